The van der Waals surface area contributed by atoms with Gasteiger partial charge in [-0.2, -0.15) is 24.8 Å². The predicted octanol–water partition coefficient (Wildman–Crippen LogP) is 3.53. The molecule has 3 aromatic rings. The highest BCUT2D eigenvalue weighted by Gasteiger charge is 2.14. The van der Waals surface area contributed by atoms with E-state index in [1.54, 1.807) is 16.6 Å². The highest BCUT2D eigenvalue weighted by atomic mass is 35.5. The molecule has 6 nitrogen and oxygen atoms in total. The number of hydrogen-bond acceptors (Lipinski definition) is 5. The van der Waals surface area contributed by atoms with Crippen LogP contribution in [-0.2, 0) is 0 Å². The van der Waals surface area contributed by atoms with E-state index in [-0.39, 0.29) is 0 Å². The van der Waals surface area contributed by atoms with Gasteiger partial charge in [-0.25, -0.2) is 0 Å². The van der Waals surface area contributed by atoms with E-state index in [2.05, 4.69) is 33.4 Å². The predicted molar refractivity (Wildman–Crippen MR) is 89.3 cm³/mol. The first kappa shape index (κ1) is 15.3. The highest BCUT2D eigenvalue weighted by Crippen LogP contribution is 2.22. The first-order chi connectivity index (χ1) is 11.2. The van der Waals surface area contributed by atoms with Crippen molar-refractivity contribution in [2.24, 2.45) is 0 Å². The van der Waals surface area contributed by atoms with Gasteiger partial charge in [-0.1, -0.05) is 24.9 Å². The number of hydrogen-bond donors (Lipinski definition) is 1. The molecule has 0 bridgehead atoms. The standard InChI is InChI=1S/C16H15ClN6/c1-2-3-8-19-16-21-14(11-4-6-13(17)7-5-11)23-15(22-16)12(9-18)10-20-23/h4-7,10H,2-3,8H2,1H3,(H,19,22). The second kappa shape index (κ2) is 6.63. The van der Waals surface area contributed by atoms with Crippen LogP contribution in [0.15, 0.2) is 30.5 Å². The van der Waals surface area contributed by atoms with Gasteiger partial charge in [0.05, 0.1) is 6.20 Å². The van der Waals surface area contributed by atoms with Crippen molar-refractivity contribution in [3.63, 3.8) is 0 Å². The van der Waals surface area contributed by atoms with Crippen molar-refractivity contribution in [1.82, 2.24) is 19.6 Å². The zero-order valence-corrected chi connectivity index (χ0v) is 13.4. The first-order valence-electron chi connectivity index (χ1n) is 7.38. The summed E-state index contributed by atoms with van der Waals surface area (Å²) in [5, 5.41) is 17.3. The number of nitrogens with zero attached hydrogens (tertiary/aromatic N) is 5. The fourth-order valence-corrected chi connectivity index (χ4v) is 2.32. The summed E-state index contributed by atoms with van der Waals surface area (Å²) < 4.78 is 1.58. The van der Waals surface area contributed by atoms with E-state index in [0.717, 1.165) is 24.9 Å². The van der Waals surface area contributed by atoms with Gasteiger partial charge in [0.25, 0.3) is 0 Å². The molecular formula is C16H15ClN6. The Labute approximate surface area is 138 Å². The molecule has 3 rings (SSSR count). The Kier molecular flexibility index (Phi) is 4.40. The molecule has 1 N–H and O–H groups in total. The molecule has 0 amide bonds. The maximum atomic E-state index is 9.23. The van der Waals surface area contributed by atoms with Gasteiger partial charge in [0.15, 0.2) is 11.5 Å². The van der Waals surface area contributed by atoms with Gasteiger partial charge in [0.2, 0.25) is 5.95 Å². The normalized spacial score (nSPS) is 10.7. The Morgan fingerprint density at radius 1 is 1.26 bits per heavy atom. The van der Waals surface area contributed by atoms with Crippen molar-refractivity contribution in [3.8, 4) is 17.5 Å². The molecule has 0 aliphatic rings. The van der Waals surface area contributed by atoms with E-state index in [9.17, 15) is 5.26 Å². The summed E-state index contributed by atoms with van der Waals surface area (Å²) in [6.07, 6.45) is 3.60. The minimum Gasteiger partial charge on any atom is -0.354 e. The van der Waals surface area contributed by atoms with Gasteiger partial charge in [0, 0.05) is 17.1 Å². The number of benzene rings is 1. The second-order valence-electron chi connectivity index (χ2n) is 5.06. The number of nitriles is 1. The van der Waals surface area contributed by atoms with Crippen molar-refractivity contribution in [1.29, 1.82) is 5.26 Å². The van der Waals surface area contributed by atoms with Crippen molar-refractivity contribution < 1.29 is 0 Å². The van der Waals surface area contributed by atoms with E-state index in [1.165, 1.54) is 6.20 Å². The summed E-state index contributed by atoms with van der Waals surface area (Å²) >= 11 is 5.95. The first-order valence-corrected chi connectivity index (χ1v) is 7.76. The molecule has 0 saturated heterocycles. The van der Waals surface area contributed by atoms with Crippen molar-refractivity contribution >= 4 is 23.2 Å². The van der Waals surface area contributed by atoms with E-state index < -0.39 is 0 Å². The number of unbranched alkanes of at least 4 members (excludes halogenated alkanes) is 1. The van der Waals surface area contributed by atoms with Crippen LogP contribution in [0.25, 0.3) is 17.0 Å². The summed E-state index contributed by atoms with van der Waals surface area (Å²) in [5.74, 6) is 1.11. The zero-order valence-electron chi connectivity index (χ0n) is 12.6. The lowest BCUT2D eigenvalue weighted by Gasteiger charge is -2.09. The molecule has 0 spiro atoms. The number of aromatic nitrogens is 4. The average Bonchev–Trinajstić information content (AvgIpc) is 2.98. The quantitative estimate of drug-likeness (QED) is 0.725. The summed E-state index contributed by atoms with van der Waals surface area (Å²) in [7, 11) is 0. The maximum absolute atomic E-state index is 9.23. The molecule has 2 heterocycles. The Balaban J connectivity index is 2.12. The van der Waals surface area contributed by atoms with Gasteiger partial charge >= 0.3 is 0 Å². The van der Waals surface area contributed by atoms with Gasteiger partial charge in [-0.05, 0) is 30.7 Å². The molecule has 0 saturated carbocycles. The van der Waals surface area contributed by atoms with Crippen molar-refractivity contribution in [2.45, 2.75) is 19.8 Å². The molecule has 2 aromatic heterocycles. The van der Waals surface area contributed by atoms with E-state index >= 15 is 0 Å². The lowest BCUT2D eigenvalue weighted by atomic mass is 10.2. The second-order valence-corrected chi connectivity index (χ2v) is 5.50. The lowest BCUT2D eigenvalue weighted by Crippen LogP contribution is -2.09. The minimum absolute atomic E-state index is 0.418. The summed E-state index contributed by atoms with van der Waals surface area (Å²) in [4.78, 5) is 8.96. The van der Waals surface area contributed by atoms with E-state index in [1.807, 2.05) is 12.1 Å². The monoisotopic (exact) mass is 326 g/mol. The molecule has 0 fully saturated rings. The van der Waals surface area contributed by atoms with Crippen LogP contribution in [0.5, 0.6) is 0 Å². The van der Waals surface area contributed by atoms with Gasteiger partial charge in [-0.3, -0.25) is 0 Å². The van der Waals surface area contributed by atoms with Crippen LogP contribution in [0, 0.1) is 11.3 Å². The fourth-order valence-electron chi connectivity index (χ4n) is 2.20. The van der Waals surface area contributed by atoms with Crippen molar-refractivity contribution in [3.05, 3.63) is 41.0 Å². The third kappa shape index (κ3) is 3.10. The minimum atomic E-state index is 0.418. The molecule has 0 atom stereocenters. The van der Waals surface area contributed by atoms with Crippen LogP contribution in [0.4, 0.5) is 5.95 Å². The van der Waals surface area contributed by atoms with Crippen LogP contribution < -0.4 is 5.32 Å². The van der Waals surface area contributed by atoms with Crippen LogP contribution in [0.1, 0.15) is 25.3 Å². The maximum Gasteiger partial charge on any atom is 0.226 e. The average molecular weight is 327 g/mol. The molecule has 0 aliphatic carbocycles. The van der Waals surface area contributed by atoms with E-state index in [4.69, 9.17) is 11.6 Å². The Hall–Kier alpha value is -2.65. The molecule has 0 aliphatic heterocycles. The summed E-state index contributed by atoms with van der Waals surface area (Å²) in [5.41, 5.74) is 1.76. The number of fused-ring (bicyclic) bond motifs is 1. The fraction of sp³-hybridized carbons (Fsp3) is 0.250. The van der Waals surface area contributed by atoms with Gasteiger partial charge in [-0.15, -0.1) is 0 Å². The number of rotatable bonds is 5. The van der Waals surface area contributed by atoms with Gasteiger partial charge in [0.1, 0.15) is 11.6 Å². The highest BCUT2D eigenvalue weighted by molar-refractivity contribution is 6.30. The van der Waals surface area contributed by atoms with Crippen LogP contribution in [0.3, 0.4) is 0 Å². The van der Waals surface area contributed by atoms with E-state index in [0.29, 0.717) is 28.0 Å². The number of nitrogens with one attached hydrogen (secondary N) is 1. The topological polar surface area (TPSA) is 78.9 Å². The third-order valence-corrected chi connectivity index (χ3v) is 3.66. The van der Waals surface area contributed by atoms with Crippen LogP contribution >= 0.6 is 11.6 Å². The Morgan fingerprint density at radius 3 is 2.74 bits per heavy atom. The van der Waals surface area contributed by atoms with Crippen molar-refractivity contribution in [2.75, 3.05) is 11.9 Å². The van der Waals surface area contributed by atoms with Gasteiger partial charge < -0.3 is 5.32 Å². The molecule has 0 unspecified atom stereocenters. The largest absolute Gasteiger partial charge is 0.354 e. The molecular weight excluding hydrogens is 312 g/mol. The molecule has 7 heteroatoms. The molecule has 116 valence electrons. The number of anilines is 1. The van der Waals surface area contributed by atoms with Crippen LogP contribution in [-0.4, -0.2) is 26.1 Å². The van der Waals surface area contributed by atoms with Crippen LogP contribution in [0.2, 0.25) is 5.02 Å². The SMILES string of the molecule is CCCCNc1nc(-c2ccc(Cl)cc2)n2ncc(C#N)c2n1. The summed E-state index contributed by atoms with van der Waals surface area (Å²) in [6.45, 7) is 2.90. The Bertz CT molecular complexity index is 863. The Morgan fingerprint density at radius 2 is 2.04 bits per heavy atom. The molecule has 0 radical (unpaired) electrons. The third-order valence-electron chi connectivity index (χ3n) is 3.40. The lowest BCUT2D eigenvalue weighted by molar-refractivity contribution is 0.821. The molecule has 23 heavy (non-hydrogen) atoms. The molecule has 1 aromatic carbocycles. The number of halogens is 1. The summed E-state index contributed by atoms with van der Waals surface area (Å²) in [6, 6.07) is 9.44. The zero-order chi connectivity index (χ0) is 16.2. The smallest absolute Gasteiger partial charge is 0.226 e.